The Labute approximate surface area is 121 Å². The van der Waals surface area contributed by atoms with Crippen LogP contribution < -0.4 is 10.6 Å². The predicted molar refractivity (Wildman–Crippen MR) is 75.1 cm³/mol. The molecule has 8 heteroatoms. The van der Waals surface area contributed by atoms with Crippen LogP contribution >= 0.6 is 11.6 Å². The van der Waals surface area contributed by atoms with Gasteiger partial charge >= 0.3 is 0 Å². The first-order valence-electron chi connectivity index (χ1n) is 6.04. The van der Waals surface area contributed by atoms with Gasteiger partial charge in [-0.05, 0) is 24.6 Å². The number of sulfone groups is 1. The molecule has 5 nitrogen and oxygen atoms in total. The van der Waals surface area contributed by atoms with E-state index in [0.29, 0.717) is 12.1 Å². The van der Waals surface area contributed by atoms with Gasteiger partial charge in [0.1, 0.15) is 5.82 Å². The highest BCUT2D eigenvalue weighted by atomic mass is 35.5. The summed E-state index contributed by atoms with van der Waals surface area (Å²) < 4.78 is 35.5. The number of carbonyl (C=O) groups excluding carboxylic acids is 1. The van der Waals surface area contributed by atoms with E-state index < -0.39 is 15.7 Å². The Morgan fingerprint density at radius 1 is 1.45 bits per heavy atom. The number of anilines is 1. The second kappa shape index (κ2) is 6.07. The fraction of sp³-hybridized carbons (Fsp3) is 0.417. The maximum atomic E-state index is 12.9. The van der Waals surface area contributed by atoms with Crippen LogP contribution in [0.3, 0.4) is 0 Å². The number of nitrogens with one attached hydrogen (secondary N) is 2. The summed E-state index contributed by atoms with van der Waals surface area (Å²) in [5, 5.41) is 5.37. The van der Waals surface area contributed by atoms with Gasteiger partial charge < -0.3 is 10.6 Å². The van der Waals surface area contributed by atoms with Gasteiger partial charge in [-0.15, -0.1) is 0 Å². The molecular weight excluding hydrogens is 307 g/mol. The number of carbonyl (C=O) groups is 1. The average molecular weight is 321 g/mol. The molecule has 1 atom stereocenters. The Hall–Kier alpha value is -1.18. The van der Waals surface area contributed by atoms with Crippen molar-refractivity contribution >= 4 is 33.0 Å². The Morgan fingerprint density at radius 3 is 2.80 bits per heavy atom. The van der Waals surface area contributed by atoms with Crippen molar-refractivity contribution in [2.24, 2.45) is 0 Å². The van der Waals surface area contributed by atoms with Crippen LogP contribution in [0.1, 0.15) is 6.42 Å². The molecule has 0 aromatic heterocycles. The minimum atomic E-state index is -2.97. The Kier molecular flexibility index (Phi) is 4.62. The smallest absolute Gasteiger partial charge is 0.238 e. The van der Waals surface area contributed by atoms with Crippen molar-refractivity contribution in [2.75, 3.05) is 23.4 Å². The van der Waals surface area contributed by atoms with Crippen LogP contribution in [0, 0.1) is 5.82 Å². The van der Waals surface area contributed by atoms with Gasteiger partial charge in [-0.2, -0.15) is 0 Å². The maximum absolute atomic E-state index is 12.9. The molecule has 1 heterocycles. The third kappa shape index (κ3) is 4.16. The van der Waals surface area contributed by atoms with E-state index in [1.54, 1.807) is 0 Å². The zero-order valence-corrected chi connectivity index (χ0v) is 12.1. The normalized spacial score (nSPS) is 20.8. The molecule has 1 aromatic rings. The van der Waals surface area contributed by atoms with E-state index in [-0.39, 0.29) is 35.0 Å². The van der Waals surface area contributed by atoms with Crippen LogP contribution in [-0.2, 0) is 14.6 Å². The summed E-state index contributed by atoms with van der Waals surface area (Å²) in [7, 11) is -2.97. The minimum Gasteiger partial charge on any atom is -0.325 e. The molecule has 2 N–H and O–H groups in total. The Balaban J connectivity index is 1.82. The first-order chi connectivity index (χ1) is 9.35. The SMILES string of the molecule is O=C(CNC1CCS(=O)(=O)C1)Nc1ccc(F)c(Cl)c1. The molecule has 1 aromatic carbocycles. The van der Waals surface area contributed by atoms with Gasteiger partial charge in [-0.25, -0.2) is 12.8 Å². The number of halogens is 2. The second-order valence-corrected chi connectivity index (χ2v) is 7.29. The summed E-state index contributed by atoms with van der Waals surface area (Å²) in [5.74, 6) is -0.682. The molecule has 0 spiro atoms. The van der Waals surface area contributed by atoms with Crippen molar-refractivity contribution in [3.05, 3.63) is 29.0 Å². The Morgan fingerprint density at radius 2 is 2.20 bits per heavy atom. The monoisotopic (exact) mass is 320 g/mol. The van der Waals surface area contributed by atoms with Gasteiger partial charge in [-0.3, -0.25) is 4.79 Å². The summed E-state index contributed by atoms with van der Waals surface area (Å²) in [6, 6.07) is 3.69. The van der Waals surface area contributed by atoms with Crippen LogP contribution in [0.25, 0.3) is 0 Å². The van der Waals surface area contributed by atoms with E-state index in [1.165, 1.54) is 12.1 Å². The molecule has 0 bridgehead atoms. The third-order valence-electron chi connectivity index (χ3n) is 2.99. The Bertz CT molecular complexity index is 621. The highest BCUT2D eigenvalue weighted by molar-refractivity contribution is 7.91. The van der Waals surface area contributed by atoms with Crippen LogP contribution in [0.5, 0.6) is 0 Å². The first kappa shape index (κ1) is 15.2. The van der Waals surface area contributed by atoms with Gasteiger partial charge in [0.25, 0.3) is 0 Å². The van der Waals surface area contributed by atoms with E-state index in [1.807, 2.05) is 0 Å². The predicted octanol–water partition coefficient (Wildman–Crippen LogP) is 1.19. The van der Waals surface area contributed by atoms with Crippen LogP contribution in [0.2, 0.25) is 5.02 Å². The van der Waals surface area contributed by atoms with E-state index >= 15 is 0 Å². The van der Waals surface area contributed by atoms with E-state index in [4.69, 9.17) is 11.6 Å². The number of hydrogen-bond acceptors (Lipinski definition) is 4. The highest BCUT2D eigenvalue weighted by Gasteiger charge is 2.27. The molecule has 1 fully saturated rings. The molecule has 1 unspecified atom stereocenters. The lowest BCUT2D eigenvalue weighted by Crippen LogP contribution is -2.36. The molecule has 1 amide bonds. The van der Waals surface area contributed by atoms with E-state index in [0.717, 1.165) is 6.07 Å². The fourth-order valence-electron chi connectivity index (χ4n) is 1.97. The molecule has 1 aliphatic heterocycles. The molecule has 110 valence electrons. The van der Waals surface area contributed by atoms with Gasteiger partial charge in [0.05, 0.1) is 23.1 Å². The quantitative estimate of drug-likeness (QED) is 0.874. The van der Waals surface area contributed by atoms with Crippen molar-refractivity contribution in [3.8, 4) is 0 Å². The number of benzene rings is 1. The second-order valence-electron chi connectivity index (χ2n) is 4.66. The standard InChI is InChI=1S/C12H14ClFN2O3S/c13-10-5-8(1-2-11(10)14)16-12(17)6-15-9-3-4-20(18,19)7-9/h1-2,5,9,15H,3-4,6-7H2,(H,16,17). The molecule has 20 heavy (non-hydrogen) atoms. The first-order valence-corrected chi connectivity index (χ1v) is 8.24. The third-order valence-corrected chi connectivity index (χ3v) is 5.04. The molecule has 0 radical (unpaired) electrons. The van der Waals surface area contributed by atoms with Crippen molar-refractivity contribution < 1.29 is 17.6 Å². The van der Waals surface area contributed by atoms with Crippen LogP contribution in [0.15, 0.2) is 18.2 Å². The zero-order valence-electron chi connectivity index (χ0n) is 10.5. The van der Waals surface area contributed by atoms with E-state index in [2.05, 4.69) is 10.6 Å². The summed E-state index contributed by atoms with van der Waals surface area (Å²) in [5.41, 5.74) is 0.391. The topological polar surface area (TPSA) is 75.3 Å². The lowest BCUT2D eigenvalue weighted by atomic mass is 10.2. The maximum Gasteiger partial charge on any atom is 0.238 e. The summed E-state index contributed by atoms with van der Waals surface area (Å²) in [6.07, 6.45) is 0.512. The lowest BCUT2D eigenvalue weighted by Gasteiger charge is -2.11. The fourth-order valence-corrected chi connectivity index (χ4v) is 3.86. The number of hydrogen-bond donors (Lipinski definition) is 2. The molecule has 2 rings (SSSR count). The van der Waals surface area contributed by atoms with Crippen molar-refractivity contribution in [3.63, 3.8) is 0 Å². The largest absolute Gasteiger partial charge is 0.325 e. The van der Waals surface area contributed by atoms with Gasteiger partial charge in [-0.1, -0.05) is 11.6 Å². The van der Waals surface area contributed by atoms with Gasteiger partial charge in [0.2, 0.25) is 5.91 Å². The van der Waals surface area contributed by atoms with Gasteiger partial charge in [0, 0.05) is 11.7 Å². The van der Waals surface area contributed by atoms with Crippen LogP contribution in [0.4, 0.5) is 10.1 Å². The summed E-state index contributed by atoms with van der Waals surface area (Å²) in [4.78, 5) is 11.7. The summed E-state index contributed by atoms with van der Waals surface area (Å²) in [6.45, 7) is -0.00478. The van der Waals surface area contributed by atoms with Crippen molar-refractivity contribution in [2.45, 2.75) is 12.5 Å². The molecule has 0 aliphatic carbocycles. The zero-order chi connectivity index (χ0) is 14.8. The van der Waals surface area contributed by atoms with Gasteiger partial charge in [0.15, 0.2) is 9.84 Å². The lowest BCUT2D eigenvalue weighted by molar-refractivity contribution is -0.115. The highest BCUT2D eigenvalue weighted by Crippen LogP contribution is 2.19. The van der Waals surface area contributed by atoms with E-state index in [9.17, 15) is 17.6 Å². The van der Waals surface area contributed by atoms with Crippen LogP contribution in [-0.4, -0.2) is 38.4 Å². The number of rotatable bonds is 4. The number of amides is 1. The summed E-state index contributed by atoms with van der Waals surface area (Å²) >= 11 is 5.60. The average Bonchev–Trinajstić information content (AvgIpc) is 2.71. The molecular formula is C12H14ClFN2O3S. The van der Waals surface area contributed by atoms with Crippen molar-refractivity contribution in [1.82, 2.24) is 5.32 Å². The molecule has 1 aliphatic rings. The molecule has 1 saturated heterocycles. The minimum absolute atomic E-state index is 0.00478. The molecule has 0 saturated carbocycles. The van der Waals surface area contributed by atoms with Crippen molar-refractivity contribution in [1.29, 1.82) is 0 Å².